The molecule has 1 unspecified atom stereocenters. The van der Waals surface area contributed by atoms with Crippen LogP contribution in [0.5, 0.6) is 0 Å². The summed E-state index contributed by atoms with van der Waals surface area (Å²) in [6, 6.07) is 0. The Morgan fingerprint density at radius 3 is 2.08 bits per heavy atom. The van der Waals surface area contributed by atoms with Crippen LogP contribution in [0.1, 0.15) is 27.7 Å². The fourth-order valence-corrected chi connectivity index (χ4v) is 0.527. The highest BCUT2D eigenvalue weighted by molar-refractivity contribution is 5.10. The van der Waals surface area contributed by atoms with Crippen molar-refractivity contribution in [3.8, 4) is 11.8 Å². The van der Waals surface area contributed by atoms with E-state index in [1.807, 2.05) is 13.8 Å². The Labute approximate surface area is 74.6 Å². The molecular formula is C10H18O2. The molecule has 0 aliphatic heterocycles. The zero-order valence-electron chi connectivity index (χ0n) is 8.26. The summed E-state index contributed by atoms with van der Waals surface area (Å²) >= 11 is 0. The van der Waals surface area contributed by atoms with Crippen molar-refractivity contribution in [2.24, 2.45) is 11.3 Å². The Hall–Kier alpha value is -0.520. The molecule has 0 radical (unpaired) electrons. The average molecular weight is 170 g/mol. The quantitative estimate of drug-likeness (QED) is 0.608. The smallest absolute Gasteiger partial charge is 0.122 e. The maximum atomic E-state index is 9.49. The Morgan fingerprint density at radius 2 is 1.75 bits per heavy atom. The Morgan fingerprint density at radius 1 is 1.25 bits per heavy atom. The molecule has 0 aliphatic carbocycles. The molecule has 0 saturated carbocycles. The second kappa shape index (κ2) is 4.49. The summed E-state index contributed by atoms with van der Waals surface area (Å²) in [5, 5.41) is 18.4. The molecular weight excluding hydrogens is 152 g/mol. The van der Waals surface area contributed by atoms with Crippen LogP contribution < -0.4 is 0 Å². The van der Waals surface area contributed by atoms with Crippen molar-refractivity contribution in [2.45, 2.75) is 33.8 Å². The molecule has 0 bridgehead atoms. The topological polar surface area (TPSA) is 40.5 Å². The van der Waals surface area contributed by atoms with E-state index in [0.29, 0.717) is 0 Å². The van der Waals surface area contributed by atoms with Gasteiger partial charge in [0.1, 0.15) is 6.10 Å². The Kier molecular flexibility index (Phi) is 4.30. The monoisotopic (exact) mass is 170 g/mol. The van der Waals surface area contributed by atoms with Gasteiger partial charge in [-0.2, -0.15) is 0 Å². The zero-order chi connectivity index (χ0) is 9.78. The van der Waals surface area contributed by atoms with Gasteiger partial charge in [0, 0.05) is 11.3 Å². The van der Waals surface area contributed by atoms with Gasteiger partial charge < -0.3 is 10.2 Å². The van der Waals surface area contributed by atoms with Crippen molar-refractivity contribution in [3.05, 3.63) is 0 Å². The summed E-state index contributed by atoms with van der Waals surface area (Å²) in [5.41, 5.74) is -0.526. The van der Waals surface area contributed by atoms with Crippen LogP contribution in [0.2, 0.25) is 0 Å². The molecule has 0 spiro atoms. The predicted octanol–water partition coefficient (Wildman–Crippen LogP) is 1.03. The molecule has 0 amide bonds. The lowest BCUT2D eigenvalue weighted by atomic mass is 9.88. The lowest BCUT2D eigenvalue weighted by molar-refractivity contribution is 0.0440. The summed E-state index contributed by atoms with van der Waals surface area (Å²) in [4.78, 5) is 0. The standard InChI is InChI=1S/C10H18O2/c1-8(2)5-6-9(12)10(3,4)7-11/h8-9,11-12H,7H2,1-4H3. The highest BCUT2D eigenvalue weighted by Crippen LogP contribution is 2.18. The number of hydrogen-bond donors (Lipinski definition) is 2. The third-order valence-corrected chi connectivity index (χ3v) is 1.66. The Bertz CT molecular complexity index is 184. The molecule has 12 heavy (non-hydrogen) atoms. The first kappa shape index (κ1) is 11.5. The molecule has 2 nitrogen and oxygen atoms in total. The number of rotatable bonds is 2. The fourth-order valence-electron chi connectivity index (χ4n) is 0.527. The van der Waals surface area contributed by atoms with Crippen LogP contribution in [0, 0.1) is 23.2 Å². The first-order valence-electron chi connectivity index (χ1n) is 4.20. The summed E-state index contributed by atoms with van der Waals surface area (Å²) in [5.74, 6) is 5.85. The molecule has 0 aromatic rings. The normalized spacial score (nSPS) is 13.9. The van der Waals surface area contributed by atoms with Crippen molar-refractivity contribution < 1.29 is 10.2 Å². The fraction of sp³-hybridized carbons (Fsp3) is 0.800. The van der Waals surface area contributed by atoms with Crippen molar-refractivity contribution >= 4 is 0 Å². The molecule has 0 rings (SSSR count). The minimum absolute atomic E-state index is 0.0546. The summed E-state index contributed by atoms with van der Waals surface area (Å²) < 4.78 is 0. The van der Waals surface area contributed by atoms with Gasteiger partial charge in [0.2, 0.25) is 0 Å². The molecule has 70 valence electrons. The van der Waals surface area contributed by atoms with E-state index in [1.54, 1.807) is 13.8 Å². The Balaban J connectivity index is 4.24. The van der Waals surface area contributed by atoms with Crippen LogP contribution in [-0.2, 0) is 0 Å². The van der Waals surface area contributed by atoms with Crippen molar-refractivity contribution in [1.29, 1.82) is 0 Å². The largest absolute Gasteiger partial charge is 0.396 e. The van der Waals surface area contributed by atoms with E-state index < -0.39 is 11.5 Å². The van der Waals surface area contributed by atoms with E-state index in [4.69, 9.17) is 5.11 Å². The van der Waals surface area contributed by atoms with Gasteiger partial charge in [0.05, 0.1) is 6.61 Å². The van der Waals surface area contributed by atoms with E-state index >= 15 is 0 Å². The van der Waals surface area contributed by atoms with Gasteiger partial charge in [0.25, 0.3) is 0 Å². The van der Waals surface area contributed by atoms with E-state index in [1.165, 1.54) is 0 Å². The van der Waals surface area contributed by atoms with Gasteiger partial charge in [-0.1, -0.05) is 39.5 Å². The van der Waals surface area contributed by atoms with E-state index in [9.17, 15) is 5.11 Å². The van der Waals surface area contributed by atoms with Gasteiger partial charge >= 0.3 is 0 Å². The molecule has 1 atom stereocenters. The van der Waals surface area contributed by atoms with Crippen LogP contribution in [0.15, 0.2) is 0 Å². The third-order valence-electron chi connectivity index (χ3n) is 1.66. The highest BCUT2D eigenvalue weighted by atomic mass is 16.3. The van der Waals surface area contributed by atoms with Gasteiger partial charge in [-0.15, -0.1) is 0 Å². The van der Waals surface area contributed by atoms with Crippen LogP contribution in [-0.4, -0.2) is 22.9 Å². The van der Waals surface area contributed by atoms with E-state index in [2.05, 4.69) is 11.8 Å². The van der Waals surface area contributed by atoms with Gasteiger partial charge in [-0.3, -0.25) is 0 Å². The van der Waals surface area contributed by atoms with Crippen molar-refractivity contribution in [2.75, 3.05) is 6.61 Å². The third kappa shape index (κ3) is 3.75. The van der Waals surface area contributed by atoms with E-state index in [-0.39, 0.29) is 12.5 Å². The second-order valence-electron chi connectivity index (χ2n) is 3.99. The number of aliphatic hydroxyl groups is 2. The first-order chi connectivity index (χ1) is 5.40. The van der Waals surface area contributed by atoms with Gasteiger partial charge in [-0.05, 0) is 0 Å². The predicted molar refractivity (Wildman–Crippen MR) is 49.5 cm³/mol. The van der Waals surface area contributed by atoms with E-state index in [0.717, 1.165) is 0 Å². The summed E-state index contributed by atoms with van der Waals surface area (Å²) in [7, 11) is 0. The molecule has 0 fully saturated rings. The highest BCUT2D eigenvalue weighted by Gasteiger charge is 2.25. The van der Waals surface area contributed by atoms with Crippen LogP contribution in [0.25, 0.3) is 0 Å². The molecule has 0 aromatic heterocycles. The van der Waals surface area contributed by atoms with Crippen LogP contribution in [0.4, 0.5) is 0 Å². The minimum Gasteiger partial charge on any atom is -0.396 e. The molecule has 0 aliphatic rings. The van der Waals surface area contributed by atoms with Gasteiger partial charge in [-0.25, -0.2) is 0 Å². The van der Waals surface area contributed by atoms with Crippen molar-refractivity contribution in [1.82, 2.24) is 0 Å². The first-order valence-corrected chi connectivity index (χ1v) is 4.20. The number of aliphatic hydroxyl groups excluding tert-OH is 2. The maximum absolute atomic E-state index is 9.49. The van der Waals surface area contributed by atoms with Crippen LogP contribution in [0.3, 0.4) is 0 Å². The molecule has 2 N–H and O–H groups in total. The van der Waals surface area contributed by atoms with Gasteiger partial charge in [0.15, 0.2) is 0 Å². The SMILES string of the molecule is CC(C)C#CC(O)C(C)(C)CO. The molecule has 0 heterocycles. The second-order valence-corrected chi connectivity index (χ2v) is 3.99. The number of hydrogen-bond acceptors (Lipinski definition) is 2. The lowest BCUT2D eigenvalue weighted by Crippen LogP contribution is -2.31. The molecule has 0 aromatic carbocycles. The summed E-state index contributed by atoms with van der Waals surface area (Å²) in [6.45, 7) is 7.44. The average Bonchev–Trinajstić information content (AvgIpc) is 2.00. The summed E-state index contributed by atoms with van der Waals surface area (Å²) in [6.07, 6.45) is -0.745. The van der Waals surface area contributed by atoms with Crippen LogP contribution >= 0.6 is 0 Å². The minimum atomic E-state index is -0.745. The molecule has 2 heteroatoms. The molecule has 0 saturated heterocycles. The zero-order valence-corrected chi connectivity index (χ0v) is 8.26. The van der Waals surface area contributed by atoms with Crippen molar-refractivity contribution in [3.63, 3.8) is 0 Å². The maximum Gasteiger partial charge on any atom is 0.122 e. The lowest BCUT2D eigenvalue weighted by Gasteiger charge is -2.23.